The van der Waals surface area contributed by atoms with Crippen LogP contribution in [0.15, 0.2) is 54.9 Å². The van der Waals surface area contributed by atoms with Crippen LogP contribution in [-0.4, -0.2) is 106 Å². The number of carbonyl (C=O) groups is 4. The zero-order chi connectivity index (χ0) is 38.4. The highest BCUT2D eigenvalue weighted by Gasteiger charge is 2.50. The number of fused-ring (bicyclic) bond motifs is 4. The van der Waals surface area contributed by atoms with Gasteiger partial charge in [-0.15, -0.1) is 0 Å². The molecule has 3 heterocycles. The van der Waals surface area contributed by atoms with Crippen molar-refractivity contribution in [3.63, 3.8) is 0 Å². The molecule has 2 aromatic carbocycles. The number of ether oxygens (including phenoxy) is 5. The van der Waals surface area contributed by atoms with Crippen molar-refractivity contribution in [1.29, 1.82) is 0 Å². The van der Waals surface area contributed by atoms with Crippen LogP contribution in [0.2, 0.25) is 5.28 Å². The summed E-state index contributed by atoms with van der Waals surface area (Å²) in [6.07, 6.45) is -3.00. The van der Waals surface area contributed by atoms with Crippen molar-refractivity contribution in [2.24, 2.45) is 5.73 Å². The monoisotopic (exact) mass is 781 g/mol. The number of methoxy groups -OCH3 is 1. The van der Waals surface area contributed by atoms with Crippen LogP contribution in [0, 0.1) is 0 Å². The van der Waals surface area contributed by atoms with Crippen molar-refractivity contribution >= 4 is 64.3 Å². The first kappa shape index (κ1) is 38.7. The molecular formula is C36H40ClN7O9S. The lowest BCUT2D eigenvalue weighted by atomic mass is 9.98. The number of amides is 1. The van der Waals surface area contributed by atoms with E-state index >= 15 is 0 Å². The summed E-state index contributed by atoms with van der Waals surface area (Å²) >= 11 is 7.61. The smallest absolute Gasteiger partial charge is 0.407 e. The van der Waals surface area contributed by atoms with Gasteiger partial charge in [0.1, 0.15) is 18.8 Å². The number of nitrogens with one attached hydrogen (secondary N) is 2. The van der Waals surface area contributed by atoms with Gasteiger partial charge in [0.25, 0.3) is 0 Å². The molecule has 18 heteroatoms. The molecule has 54 heavy (non-hydrogen) atoms. The second-order valence-electron chi connectivity index (χ2n) is 12.5. The third-order valence-corrected chi connectivity index (χ3v) is 10.2. The molecule has 1 amide bonds. The van der Waals surface area contributed by atoms with E-state index < -0.39 is 54.6 Å². The SMILES string of the molecule is COC(=O)C(CCSC[C@H]1O[C@@H](n2cnc3c(NCCN)nc(Cl)nc32)C(OC(C)=O)[C@@H]1OC(C)=O)NC(=O)OCC1c2ccccc2-c2ccccc21. The largest absolute Gasteiger partial charge is 0.467 e. The number of carbonyl (C=O) groups excluding carboxylic acids is 4. The Morgan fingerprint density at radius 3 is 2.31 bits per heavy atom. The molecule has 1 fully saturated rings. The molecule has 6 rings (SSSR count). The van der Waals surface area contributed by atoms with Gasteiger partial charge < -0.3 is 40.1 Å². The molecule has 2 aromatic heterocycles. The number of rotatable bonds is 15. The van der Waals surface area contributed by atoms with Gasteiger partial charge in [0.05, 0.1) is 13.4 Å². The molecule has 2 unspecified atom stereocenters. The van der Waals surface area contributed by atoms with Crippen LogP contribution in [0.1, 0.15) is 43.5 Å². The fraction of sp³-hybridized carbons (Fsp3) is 0.417. The van der Waals surface area contributed by atoms with E-state index in [1.165, 1.54) is 43.6 Å². The Hall–Kier alpha value is -4.97. The summed E-state index contributed by atoms with van der Waals surface area (Å²) in [6.45, 7) is 3.30. The van der Waals surface area contributed by atoms with Crippen LogP contribution in [0.25, 0.3) is 22.3 Å². The van der Waals surface area contributed by atoms with Gasteiger partial charge in [0, 0.05) is 38.6 Å². The summed E-state index contributed by atoms with van der Waals surface area (Å²) in [5.41, 5.74) is 10.6. The van der Waals surface area contributed by atoms with Crippen molar-refractivity contribution in [2.75, 3.05) is 43.6 Å². The lowest BCUT2D eigenvalue weighted by Crippen LogP contribution is -2.42. The summed E-state index contributed by atoms with van der Waals surface area (Å²) in [7, 11) is 1.24. The second-order valence-corrected chi connectivity index (χ2v) is 14.0. The summed E-state index contributed by atoms with van der Waals surface area (Å²) < 4.78 is 29.9. The summed E-state index contributed by atoms with van der Waals surface area (Å²) in [4.78, 5) is 63.2. The minimum atomic E-state index is -1.08. The normalized spacial score (nSPS) is 19.4. The average Bonchev–Trinajstić information content (AvgIpc) is 3.82. The molecule has 0 bridgehead atoms. The lowest BCUT2D eigenvalue weighted by Gasteiger charge is -2.24. The van der Waals surface area contributed by atoms with Crippen LogP contribution in [-0.2, 0) is 38.1 Å². The number of imidazole rings is 1. The van der Waals surface area contributed by atoms with Crippen LogP contribution in [0.3, 0.4) is 0 Å². The number of alkyl carbamates (subject to hydrolysis) is 1. The molecule has 0 radical (unpaired) electrons. The van der Waals surface area contributed by atoms with E-state index in [9.17, 15) is 19.2 Å². The molecule has 16 nitrogen and oxygen atoms in total. The maximum atomic E-state index is 13.0. The topological polar surface area (TPSA) is 208 Å². The zero-order valence-corrected chi connectivity index (χ0v) is 31.3. The standard InChI is InChI=1S/C36H40ClN7O9S/c1-19(45)51-29-27(53-33(30(29)52-20(2)46)44-18-40-28-31(39-14-13-38)42-35(37)43-32(28)44)17-54-15-12-26(34(47)49-3)41-36(48)50-16-25-23-10-6-4-8-21(23)22-9-5-7-11-24(22)25/h4-11,18,25-27,29-30,33H,12-17,38H2,1-3H3,(H,41,48)(H,39,42,43)/t26?,27-,29-,30?,33-/m1/s1. The van der Waals surface area contributed by atoms with Crippen molar-refractivity contribution in [3.8, 4) is 11.1 Å². The quantitative estimate of drug-likeness (QED) is 0.0678. The number of halogens is 1. The number of esters is 3. The third kappa shape index (κ3) is 8.54. The first-order chi connectivity index (χ1) is 26.1. The average molecular weight is 782 g/mol. The Morgan fingerprint density at radius 2 is 1.67 bits per heavy atom. The number of thioether (sulfide) groups is 1. The van der Waals surface area contributed by atoms with Crippen molar-refractivity contribution in [2.45, 2.75) is 56.8 Å². The zero-order valence-electron chi connectivity index (χ0n) is 29.7. The molecule has 1 saturated heterocycles. The van der Waals surface area contributed by atoms with Gasteiger partial charge in [-0.3, -0.25) is 14.2 Å². The number of hydrogen-bond acceptors (Lipinski definition) is 15. The molecule has 0 saturated carbocycles. The third-order valence-electron chi connectivity index (χ3n) is 8.95. The minimum absolute atomic E-state index is 0.0682. The van der Waals surface area contributed by atoms with E-state index in [4.69, 9.17) is 41.0 Å². The first-order valence-corrected chi connectivity index (χ1v) is 18.7. The molecular weight excluding hydrogens is 742 g/mol. The Bertz CT molecular complexity index is 1970. The van der Waals surface area contributed by atoms with Crippen LogP contribution >= 0.6 is 23.4 Å². The van der Waals surface area contributed by atoms with E-state index in [1.54, 1.807) is 0 Å². The number of hydrogen-bond donors (Lipinski definition) is 3. The Labute approximate surface area is 319 Å². The summed E-state index contributed by atoms with van der Waals surface area (Å²) in [5, 5.41) is 5.64. The predicted octanol–water partition coefficient (Wildman–Crippen LogP) is 3.81. The molecule has 4 aromatic rings. The number of nitrogens with two attached hydrogens (primary N) is 1. The highest BCUT2D eigenvalue weighted by molar-refractivity contribution is 7.99. The van der Waals surface area contributed by atoms with Crippen LogP contribution < -0.4 is 16.4 Å². The van der Waals surface area contributed by atoms with E-state index in [0.29, 0.717) is 30.2 Å². The molecule has 1 aliphatic carbocycles. The maximum Gasteiger partial charge on any atom is 0.407 e. The molecule has 5 atom stereocenters. The van der Waals surface area contributed by atoms with Gasteiger partial charge >= 0.3 is 24.0 Å². The number of aromatic nitrogens is 4. The number of anilines is 1. The molecule has 2 aliphatic rings. The van der Waals surface area contributed by atoms with Gasteiger partial charge in [0.15, 0.2) is 35.4 Å². The minimum Gasteiger partial charge on any atom is -0.467 e. The highest BCUT2D eigenvalue weighted by Crippen LogP contribution is 2.44. The van der Waals surface area contributed by atoms with Crippen molar-refractivity contribution in [1.82, 2.24) is 24.8 Å². The fourth-order valence-corrected chi connectivity index (χ4v) is 7.92. The van der Waals surface area contributed by atoms with E-state index in [2.05, 4.69) is 25.6 Å². The van der Waals surface area contributed by atoms with E-state index in [1.807, 2.05) is 48.5 Å². The number of benzene rings is 2. The summed E-state index contributed by atoms with van der Waals surface area (Å²) in [6, 6.07) is 15.0. The maximum absolute atomic E-state index is 13.0. The van der Waals surface area contributed by atoms with Crippen molar-refractivity contribution in [3.05, 3.63) is 71.3 Å². The Morgan fingerprint density at radius 1 is 1.00 bits per heavy atom. The van der Waals surface area contributed by atoms with Gasteiger partial charge in [-0.25, -0.2) is 14.6 Å². The van der Waals surface area contributed by atoms with E-state index in [0.717, 1.165) is 22.3 Å². The van der Waals surface area contributed by atoms with Crippen molar-refractivity contribution < 1.29 is 42.9 Å². The molecule has 4 N–H and O–H groups in total. The summed E-state index contributed by atoms with van der Waals surface area (Å²) in [5.74, 6) is -1.06. The fourth-order valence-electron chi connectivity index (χ4n) is 6.68. The predicted molar refractivity (Wildman–Crippen MR) is 199 cm³/mol. The van der Waals surface area contributed by atoms with Gasteiger partial charge in [0.2, 0.25) is 5.28 Å². The first-order valence-electron chi connectivity index (χ1n) is 17.2. The highest BCUT2D eigenvalue weighted by atomic mass is 35.5. The Kier molecular flexibility index (Phi) is 12.5. The van der Waals surface area contributed by atoms with Crippen LogP contribution in [0.4, 0.5) is 10.6 Å². The Balaban J connectivity index is 1.11. The van der Waals surface area contributed by atoms with Crippen LogP contribution in [0.5, 0.6) is 0 Å². The van der Waals surface area contributed by atoms with Gasteiger partial charge in [-0.05, 0) is 46.0 Å². The van der Waals surface area contributed by atoms with Gasteiger partial charge in [-0.2, -0.15) is 21.7 Å². The van der Waals surface area contributed by atoms with Gasteiger partial charge in [-0.1, -0.05) is 48.5 Å². The second kappa shape index (κ2) is 17.4. The van der Waals surface area contributed by atoms with E-state index in [-0.39, 0.29) is 35.6 Å². The molecule has 286 valence electrons. The molecule has 0 spiro atoms. The molecule has 1 aliphatic heterocycles. The number of nitrogens with zero attached hydrogens (tertiary/aromatic N) is 4. The lowest BCUT2D eigenvalue weighted by molar-refractivity contribution is -0.165.